The van der Waals surface area contributed by atoms with Gasteiger partial charge in [-0.3, -0.25) is 4.79 Å². The van der Waals surface area contributed by atoms with Gasteiger partial charge in [-0.1, -0.05) is 45.7 Å². The second-order valence-electron chi connectivity index (χ2n) is 3.78. The molecule has 0 aliphatic carbocycles. The summed E-state index contributed by atoms with van der Waals surface area (Å²) < 4.78 is 0.895. The third-order valence-corrected chi connectivity index (χ3v) is 3.47. The summed E-state index contributed by atoms with van der Waals surface area (Å²) in [7, 11) is 0. The van der Waals surface area contributed by atoms with Gasteiger partial charge in [-0.05, 0) is 17.7 Å². The first-order valence-electron chi connectivity index (χ1n) is 5.25. The van der Waals surface area contributed by atoms with Gasteiger partial charge < -0.3 is 5.73 Å². The highest BCUT2D eigenvalue weighted by molar-refractivity contribution is 9.10. The monoisotopic (exact) mass is 324 g/mol. The summed E-state index contributed by atoms with van der Waals surface area (Å²) in [4.78, 5) is 16.0. The number of Topliss-reactive ketones (excluding diaryl/α,β-unsaturated/α-hetero) is 1. The van der Waals surface area contributed by atoms with Crippen molar-refractivity contribution in [2.45, 2.75) is 6.42 Å². The molecular weight excluding hydrogens is 316 g/mol. The van der Waals surface area contributed by atoms with Crippen LogP contribution < -0.4 is 5.73 Å². The van der Waals surface area contributed by atoms with Crippen molar-refractivity contribution >= 4 is 39.1 Å². The molecule has 2 rings (SSSR count). The number of halogens is 2. The smallest absolute Gasteiger partial charge is 0.171 e. The second-order valence-corrected chi connectivity index (χ2v) is 5.07. The number of anilines is 1. The normalized spacial score (nSPS) is 10.3. The fourth-order valence-electron chi connectivity index (χ4n) is 1.58. The topological polar surface area (TPSA) is 56.0 Å². The van der Waals surface area contributed by atoms with Crippen molar-refractivity contribution in [2.24, 2.45) is 0 Å². The SMILES string of the molecule is Nc1ncc(Cl)cc1C(=O)Cc1ccccc1Br. The van der Waals surface area contributed by atoms with Crippen LogP contribution in [0.25, 0.3) is 0 Å². The number of hydrogen-bond donors (Lipinski definition) is 1. The van der Waals surface area contributed by atoms with Gasteiger partial charge in [-0.2, -0.15) is 0 Å². The molecule has 0 radical (unpaired) electrons. The van der Waals surface area contributed by atoms with Gasteiger partial charge in [0, 0.05) is 17.1 Å². The number of nitrogen functional groups attached to an aromatic ring is 1. The number of carbonyl (C=O) groups excluding carboxylic acids is 1. The summed E-state index contributed by atoms with van der Waals surface area (Å²) >= 11 is 9.22. The molecule has 5 heteroatoms. The molecule has 0 fully saturated rings. The van der Waals surface area contributed by atoms with E-state index in [1.807, 2.05) is 24.3 Å². The Morgan fingerprint density at radius 2 is 2.11 bits per heavy atom. The van der Waals surface area contributed by atoms with Crippen LogP contribution in [0.4, 0.5) is 5.82 Å². The van der Waals surface area contributed by atoms with Gasteiger partial charge >= 0.3 is 0 Å². The van der Waals surface area contributed by atoms with Crippen molar-refractivity contribution in [3.05, 3.63) is 57.2 Å². The van der Waals surface area contributed by atoms with Crippen molar-refractivity contribution in [1.82, 2.24) is 4.98 Å². The zero-order valence-electron chi connectivity index (χ0n) is 9.36. The van der Waals surface area contributed by atoms with E-state index in [1.165, 1.54) is 6.20 Å². The first-order chi connectivity index (χ1) is 8.58. The van der Waals surface area contributed by atoms with Crippen LogP contribution in [0.5, 0.6) is 0 Å². The van der Waals surface area contributed by atoms with Crippen molar-refractivity contribution < 1.29 is 4.79 Å². The molecule has 1 aromatic carbocycles. The van der Waals surface area contributed by atoms with Crippen LogP contribution in [0.15, 0.2) is 41.0 Å². The predicted octanol–water partition coefficient (Wildman–Crippen LogP) is 3.51. The lowest BCUT2D eigenvalue weighted by atomic mass is 10.0. The highest BCUT2D eigenvalue weighted by Crippen LogP contribution is 2.21. The van der Waals surface area contributed by atoms with E-state index < -0.39 is 0 Å². The van der Waals surface area contributed by atoms with E-state index in [0.717, 1.165) is 10.0 Å². The number of carbonyl (C=O) groups is 1. The lowest BCUT2D eigenvalue weighted by Crippen LogP contribution is -2.08. The molecule has 0 saturated carbocycles. The van der Waals surface area contributed by atoms with Gasteiger partial charge in [0.2, 0.25) is 0 Å². The fraction of sp³-hybridized carbons (Fsp3) is 0.0769. The molecule has 0 bridgehead atoms. The molecule has 1 heterocycles. The number of benzene rings is 1. The van der Waals surface area contributed by atoms with Crippen molar-refractivity contribution in [2.75, 3.05) is 5.73 Å². The van der Waals surface area contributed by atoms with E-state index in [2.05, 4.69) is 20.9 Å². The summed E-state index contributed by atoms with van der Waals surface area (Å²) in [5, 5.41) is 0.402. The van der Waals surface area contributed by atoms with Gasteiger partial charge in [0.25, 0.3) is 0 Å². The van der Waals surface area contributed by atoms with Crippen molar-refractivity contribution in [3.63, 3.8) is 0 Å². The number of ketones is 1. The van der Waals surface area contributed by atoms with Gasteiger partial charge in [-0.25, -0.2) is 4.98 Å². The standard InChI is InChI=1S/C13H10BrClN2O/c14-11-4-2-1-3-8(11)5-12(18)10-6-9(15)7-17-13(10)16/h1-4,6-7H,5H2,(H2,16,17). The molecule has 2 aromatic rings. The first-order valence-corrected chi connectivity index (χ1v) is 6.42. The number of rotatable bonds is 3. The maximum atomic E-state index is 12.1. The summed E-state index contributed by atoms with van der Waals surface area (Å²) in [5.74, 6) is 0.103. The van der Waals surface area contributed by atoms with E-state index >= 15 is 0 Å². The summed E-state index contributed by atoms with van der Waals surface area (Å²) in [5.41, 5.74) is 6.94. The maximum Gasteiger partial charge on any atom is 0.171 e. The zero-order chi connectivity index (χ0) is 13.1. The van der Waals surface area contributed by atoms with Gasteiger partial charge in [-0.15, -0.1) is 0 Å². The molecule has 0 aliphatic heterocycles. The number of hydrogen-bond acceptors (Lipinski definition) is 3. The molecule has 3 nitrogen and oxygen atoms in total. The Morgan fingerprint density at radius 3 is 2.83 bits per heavy atom. The van der Waals surface area contributed by atoms with Gasteiger partial charge in [0.1, 0.15) is 5.82 Å². The van der Waals surface area contributed by atoms with E-state index in [4.69, 9.17) is 17.3 Å². The molecule has 0 aliphatic rings. The van der Waals surface area contributed by atoms with Crippen LogP contribution >= 0.6 is 27.5 Å². The summed E-state index contributed by atoms with van der Waals surface area (Å²) in [6.45, 7) is 0. The molecule has 0 spiro atoms. The second kappa shape index (κ2) is 5.50. The third kappa shape index (κ3) is 2.89. The Bertz CT molecular complexity index is 601. The highest BCUT2D eigenvalue weighted by atomic mass is 79.9. The summed E-state index contributed by atoms with van der Waals surface area (Å²) in [6, 6.07) is 9.10. The lowest BCUT2D eigenvalue weighted by molar-refractivity contribution is 0.0993. The van der Waals surface area contributed by atoms with E-state index in [9.17, 15) is 4.79 Å². The van der Waals surface area contributed by atoms with E-state index in [-0.39, 0.29) is 18.0 Å². The van der Waals surface area contributed by atoms with Crippen molar-refractivity contribution in [3.8, 4) is 0 Å². The number of pyridine rings is 1. The highest BCUT2D eigenvalue weighted by Gasteiger charge is 2.13. The molecule has 0 atom stereocenters. The number of nitrogens with two attached hydrogens (primary N) is 1. The Balaban J connectivity index is 2.28. The number of nitrogens with zero attached hydrogens (tertiary/aromatic N) is 1. The Morgan fingerprint density at radius 1 is 1.39 bits per heavy atom. The first kappa shape index (κ1) is 13.1. The molecule has 2 N–H and O–H groups in total. The van der Waals surface area contributed by atoms with Crippen molar-refractivity contribution in [1.29, 1.82) is 0 Å². The van der Waals surface area contributed by atoms with E-state index in [1.54, 1.807) is 6.07 Å². The molecule has 18 heavy (non-hydrogen) atoms. The number of aromatic nitrogens is 1. The van der Waals surface area contributed by atoms with Gasteiger partial charge in [0.05, 0.1) is 10.6 Å². The van der Waals surface area contributed by atoms with Crippen LogP contribution in [0, 0.1) is 0 Å². The maximum absolute atomic E-state index is 12.1. The lowest BCUT2D eigenvalue weighted by Gasteiger charge is -2.06. The predicted molar refractivity (Wildman–Crippen MR) is 75.8 cm³/mol. The molecule has 0 amide bonds. The Kier molecular flexibility index (Phi) is 3.99. The summed E-state index contributed by atoms with van der Waals surface area (Å²) in [6.07, 6.45) is 1.68. The fourth-order valence-corrected chi connectivity index (χ4v) is 2.17. The molecule has 1 aromatic heterocycles. The van der Waals surface area contributed by atoms with Crippen LogP contribution in [-0.4, -0.2) is 10.8 Å². The average Bonchev–Trinajstić information content (AvgIpc) is 2.35. The van der Waals surface area contributed by atoms with E-state index in [0.29, 0.717) is 10.6 Å². The van der Waals surface area contributed by atoms with Crippen LogP contribution in [0.3, 0.4) is 0 Å². The van der Waals surface area contributed by atoms with Crippen LogP contribution in [0.1, 0.15) is 15.9 Å². The van der Waals surface area contributed by atoms with Crippen LogP contribution in [0.2, 0.25) is 5.02 Å². The third-order valence-electron chi connectivity index (χ3n) is 2.49. The Labute approximate surface area is 118 Å². The molecule has 92 valence electrons. The average molecular weight is 326 g/mol. The van der Waals surface area contributed by atoms with Crippen LogP contribution in [-0.2, 0) is 6.42 Å². The minimum absolute atomic E-state index is 0.102. The minimum Gasteiger partial charge on any atom is -0.383 e. The minimum atomic E-state index is -0.102. The quantitative estimate of drug-likeness (QED) is 0.879. The zero-order valence-corrected chi connectivity index (χ0v) is 11.7. The molecule has 0 saturated heterocycles. The molecule has 0 unspecified atom stereocenters. The molecular formula is C13H10BrClN2O. The largest absolute Gasteiger partial charge is 0.383 e. The Hall–Kier alpha value is -1.39. The van der Waals surface area contributed by atoms with Gasteiger partial charge in [0.15, 0.2) is 5.78 Å².